The van der Waals surface area contributed by atoms with Gasteiger partial charge in [-0.25, -0.2) is 4.39 Å². The molecule has 20 heavy (non-hydrogen) atoms. The standard InChI is InChI=1S/C17H25FO2/c1-3-10-17(2)13(7-9-16(17)20)6-4-12-5-8-14(19)11-15(12)18/h5,8,11,13,16,19-20H,3-4,6-7,9-10H2,1-2H3/t13-,16+,17+/m1/s1. The number of rotatable bonds is 5. The van der Waals surface area contributed by atoms with Crippen LogP contribution in [0.5, 0.6) is 5.75 Å². The van der Waals surface area contributed by atoms with E-state index in [1.165, 1.54) is 12.1 Å². The summed E-state index contributed by atoms with van der Waals surface area (Å²) < 4.78 is 13.7. The third-order valence-electron chi connectivity index (χ3n) is 5.07. The summed E-state index contributed by atoms with van der Waals surface area (Å²) in [6.45, 7) is 4.32. The number of phenolic OH excluding ortho intramolecular Hbond substituents is 1. The fourth-order valence-electron chi connectivity index (χ4n) is 3.74. The first-order chi connectivity index (χ1) is 9.47. The van der Waals surface area contributed by atoms with Crippen LogP contribution in [-0.2, 0) is 6.42 Å². The third-order valence-corrected chi connectivity index (χ3v) is 5.07. The van der Waals surface area contributed by atoms with Gasteiger partial charge in [-0.15, -0.1) is 0 Å². The summed E-state index contributed by atoms with van der Waals surface area (Å²) in [7, 11) is 0. The Balaban J connectivity index is 2.02. The Kier molecular flexibility index (Phi) is 4.69. The quantitative estimate of drug-likeness (QED) is 0.854. The molecule has 0 bridgehead atoms. The number of phenols is 1. The number of hydrogen-bond donors (Lipinski definition) is 2. The van der Waals surface area contributed by atoms with Crippen molar-refractivity contribution in [3.63, 3.8) is 0 Å². The number of aliphatic hydroxyl groups excluding tert-OH is 1. The first kappa shape index (κ1) is 15.3. The SMILES string of the molecule is CCC[C@@]1(C)[C@H](CCc2ccc(O)cc2F)CC[C@@H]1O. The van der Waals surface area contributed by atoms with Crippen molar-refractivity contribution in [2.24, 2.45) is 11.3 Å². The Bertz CT molecular complexity index is 460. The van der Waals surface area contributed by atoms with Crippen LogP contribution in [0.3, 0.4) is 0 Å². The van der Waals surface area contributed by atoms with Crippen molar-refractivity contribution in [2.45, 2.75) is 58.5 Å². The molecule has 0 spiro atoms. The lowest BCUT2D eigenvalue weighted by atomic mass is 9.72. The van der Waals surface area contributed by atoms with Crippen molar-refractivity contribution in [3.05, 3.63) is 29.6 Å². The average Bonchev–Trinajstić information content (AvgIpc) is 2.66. The molecular formula is C17H25FO2. The second-order valence-corrected chi connectivity index (χ2v) is 6.36. The van der Waals surface area contributed by atoms with Crippen LogP contribution in [0, 0.1) is 17.2 Å². The number of hydrogen-bond acceptors (Lipinski definition) is 2. The molecule has 0 radical (unpaired) electrons. The summed E-state index contributed by atoms with van der Waals surface area (Å²) in [4.78, 5) is 0. The van der Waals surface area contributed by atoms with E-state index >= 15 is 0 Å². The van der Waals surface area contributed by atoms with Gasteiger partial charge in [0, 0.05) is 6.07 Å². The van der Waals surface area contributed by atoms with E-state index in [4.69, 9.17) is 0 Å². The molecule has 2 nitrogen and oxygen atoms in total. The van der Waals surface area contributed by atoms with Crippen molar-refractivity contribution in [2.75, 3.05) is 0 Å². The number of aryl methyl sites for hydroxylation is 1. The van der Waals surface area contributed by atoms with Crippen LogP contribution < -0.4 is 0 Å². The molecule has 3 heteroatoms. The Morgan fingerprint density at radius 1 is 1.35 bits per heavy atom. The molecule has 1 aliphatic rings. The Hall–Kier alpha value is -1.09. The molecule has 2 N–H and O–H groups in total. The predicted molar refractivity (Wildman–Crippen MR) is 78.1 cm³/mol. The maximum absolute atomic E-state index is 13.7. The zero-order valence-corrected chi connectivity index (χ0v) is 12.4. The molecule has 0 unspecified atom stereocenters. The van der Waals surface area contributed by atoms with E-state index in [0.29, 0.717) is 17.9 Å². The van der Waals surface area contributed by atoms with Gasteiger partial charge in [0.15, 0.2) is 0 Å². The van der Waals surface area contributed by atoms with Crippen LogP contribution in [-0.4, -0.2) is 16.3 Å². The predicted octanol–water partition coefficient (Wildman–Crippen LogP) is 4.04. The van der Waals surface area contributed by atoms with Gasteiger partial charge in [-0.3, -0.25) is 0 Å². The van der Waals surface area contributed by atoms with Gasteiger partial charge in [0.1, 0.15) is 11.6 Å². The third kappa shape index (κ3) is 2.98. The van der Waals surface area contributed by atoms with Gasteiger partial charge < -0.3 is 10.2 Å². The highest BCUT2D eigenvalue weighted by Gasteiger charge is 2.44. The number of aromatic hydroxyl groups is 1. The van der Waals surface area contributed by atoms with Crippen molar-refractivity contribution in [1.82, 2.24) is 0 Å². The summed E-state index contributed by atoms with van der Waals surface area (Å²) in [5, 5.41) is 19.5. The smallest absolute Gasteiger partial charge is 0.130 e. The first-order valence-electron chi connectivity index (χ1n) is 7.63. The summed E-state index contributed by atoms with van der Waals surface area (Å²) in [5.74, 6) is 0.0877. The fourth-order valence-corrected chi connectivity index (χ4v) is 3.74. The van der Waals surface area contributed by atoms with Gasteiger partial charge in [0.05, 0.1) is 6.10 Å². The molecule has 1 aliphatic carbocycles. The highest BCUT2D eigenvalue weighted by atomic mass is 19.1. The van der Waals surface area contributed by atoms with E-state index in [9.17, 15) is 14.6 Å². The Morgan fingerprint density at radius 2 is 2.10 bits per heavy atom. The van der Waals surface area contributed by atoms with Gasteiger partial charge in [-0.1, -0.05) is 26.3 Å². The maximum atomic E-state index is 13.7. The molecule has 0 aliphatic heterocycles. The minimum Gasteiger partial charge on any atom is -0.508 e. The number of benzene rings is 1. The van der Waals surface area contributed by atoms with Crippen LogP contribution in [0.4, 0.5) is 4.39 Å². The lowest BCUT2D eigenvalue weighted by molar-refractivity contribution is 0.0294. The molecule has 2 rings (SSSR count). The molecule has 1 saturated carbocycles. The molecule has 1 fully saturated rings. The molecule has 1 aromatic rings. The van der Waals surface area contributed by atoms with Gasteiger partial charge in [0.2, 0.25) is 0 Å². The van der Waals surface area contributed by atoms with Crippen molar-refractivity contribution >= 4 is 0 Å². The monoisotopic (exact) mass is 280 g/mol. The molecule has 3 atom stereocenters. The first-order valence-corrected chi connectivity index (χ1v) is 7.63. The second kappa shape index (κ2) is 6.13. The van der Waals surface area contributed by atoms with Gasteiger partial charge in [-0.2, -0.15) is 0 Å². The largest absolute Gasteiger partial charge is 0.508 e. The highest BCUT2D eigenvalue weighted by molar-refractivity contribution is 5.27. The van der Waals surface area contributed by atoms with E-state index < -0.39 is 0 Å². The summed E-state index contributed by atoms with van der Waals surface area (Å²) in [6.07, 6.45) is 5.32. The summed E-state index contributed by atoms with van der Waals surface area (Å²) in [6, 6.07) is 4.37. The number of halogens is 1. The minimum absolute atomic E-state index is 0.0256. The van der Waals surface area contributed by atoms with Crippen LogP contribution in [0.1, 0.15) is 51.5 Å². The van der Waals surface area contributed by atoms with E-state index in [1.54, 1.807) is 6.07 Å². The van der Waals surface area contributed by atoms with Crippen LogP contribution in [0.2, 0.25) is 0 Å². The van der Waals surface area contributed by atoms with E-state index in [-0.39, 0.29) is 23.1 Å². The average molecular weight is 280 g/mol. The minimum atomic E-state index is -0.333. The molecule has 0 aromatic heterocycles. The topological polar surface area (TPSA) is 40.5 Å². The summed E-state index contributed by atoms with van der Waals surface area (Å²) in [5.41, 5.74) is 0.630. The zero-order chi connectivity index (χ0) is 14.8. The maximum Gasteiger partial charge on any atom is 0.130 e. The Morgan fingerprint density at radius 3 is 2.75 bits per heavy atom. The van der Waals surface area contributed by atoms with Gasteiger partial charge in [0.25, 0.3) is 0 Å². The number of aliphatic hydroxyl groups is 1. The lowest BCUT2D eigenvalue weighted by Crippen LogP contribution is -2.32. The molecule has 112 valence electrons. The Labute approximate surface area is 120 Å². The molecule has 1 aromatic carbocycles. The molecule has 0 amide bonds. The zero-order valence-electron chi connectivity index (χ0n) is 12.4. The van der Waals surface area contributed by atoms with Gasteiger partial charge in [-0.05, 0) is 55.1 Å². The molecular weight excluding hydrogens is 255 g/mol. The van der Waals surface area contributed by atoms with E-state index in [0.717, 1.165) is 32.1 Å². The van der Waals surface area contributed by atoms with Crippen molar-refractivity contribution < 1.29 is 14.6 Å². The van der Waals surface area contributed by atoms with Crippen LogP contribution in [0.15, 0.2) is 18.2 Å². The van der Waals surface area contributed by atoms with Crippen LogP contribution >= 0.6 is 0 Å². The normalized spacial score (nSPS) is 29.8. The molecule has 0 saturated heterocycles. The fraction of sp³-hybridized carbons (Fsp3) is 0.647. The van der Waals surface area contributed by atoms with E-state index in [1.807, 2.05) is 0 Å². The molecule has 0 heterocycles. The van der Waals surface area contributed by atoms with Crippen molar-refractivity contribution in [1.29, 1.82) is 0 Å². The lowest BCUT2D eigenvalue weighted by Gasteiger charge is -2.34. The van der Waals surface area contributed by atoms with E-state index in [2.05, 4.69) is 13.8 Å². The highest BCUT2D eigenvalue weighted by Crippen LogP contribution is 2.48. The second-order valence-electron chi connectivity index (χ2n) is 6.36. The van der Waals surface area contributed by atoms with Crippen LogP contribution in [0.25, 0.3) is 0 Å². The summed E-state index contributed by atoms with van der Waals surface area (Å²) >= 11 is 0. The van der Waals surface area contributed by atoms with Crippen molar-refractivity contribution in [3.8, 4) is 5.75 Å². The van der Waals surface area contributed by atoms with Gasteiger partial charge >= 0.3 is 0 Å².